The number of hydrogen-bond donors (Lipinski definition) is 1. The van der Waals surface area contributed by atoms with Crippen LogP contribution in [0.25, 0.3) is 16.7 Å². The second-order valence-electron chi connectivity index (χ2n) is 5.34. The van der Waals surface area contributed by atoms with Crippen molar-refractivity contribution in [2.45, 2.75) is 6.92 Å². The molecule has 0 amide bonds. The van der Waals surface area contributed by atoms with Crippen LogP contribution in [-0.2, 0) is 0 Å². The zero-order chi connectivity index (χ0) is 15.6. The molecule has 2 aromatic carbocycles. The van der Waals surface area contributed by atoms with Gasteiger partial charge in [0.25, 0.3) is 0 Å². The standard InChI is InChI=1S/C18H15N5/c1-13-7-9-15(10-8-13)23-18-16(11-21-23)17(19-12-20-18)22-14-5-3-2-4-6-14/h2-12H,1H3,(H,19,20,22). The summed E-state index contributed by atoms with van der Waals surface area (Å²) < 4.78 is 1.83. The molecule has 4 aromatic rings. The zero-order valence-corrected chi connectivity index (χ0v) is 12.6. The minimum atomic E-state index is 0.750. The van der Waals surface area contributed by atoms with Crippen molar-refractivity contribution in [3.63, 3.8) is 0 Å². The van der Waals surface area contributed by atoms with Gasteiger partial charge in [0, 0.05) is 5.69 Å². The highest BCUT2D eigenvalue weighted by atomic mass is 15.3. The Morgan fingerprint density at radius 1 is 0.913 bits per heavy atom. The zero-order valence-electron chi connectivity index (χ0n) is 12.6. The molecule has 1 N–H and O–H groups in total. The first-order valence-electron chi connectivity index (χ1n) is 7.39. The lowest BCUT2D eigenvalue weighted by atomic mass is 10.2. The molecule has 0 bridgehead atoms. The van der Waals surface area contributed by atoms with Crippen LogP contribution in [0, 0.1) is 6.92 Å². The van der Waals surface area contributed by atoms with Crippen LogP contribution in [-0.4, -0.2) is 19.7 Å². The lowest BCUT2D eigenvalue weighted by Crippen LogP contribution is -1.99. The van der Waals surface area contributed by atoms with Crippen LogP contribution < -0.4 is 5.32 Å². The lowest BCUT2D eigenvalue weighted by Gasteiger charge is -2.07. The van der Waals surface area contributed by atoms with Crippen LogP contribution >= 0.6 is 0 Å². The molecule has 2 heterocycles. The summed E-state index contributed by atoms with van der Waals surface area (Å²) in [5.41, 5.74) is 3.96. The fraction of sp³-hybridized carbons (Fsp3) is 0.0556. The van der Waals surface area contributed by atoms with E-state index in [0.29, 0.717) is 0 Å². The maximum absolute atomic E-state index is 4.47. The Balaban J connectivity index is 1.79. The molecular weight excluding hydrogens is 286 g/mol. The number of rotatable bonds is 3. The molecular formula is C18H15N5. The number of aromatic nitrogens is 4. The molecule has 0 aliphatic carbocycles. The minimum absolute atomic E-state index is 0.750. The lowest BCUT2D eigenvalue weighted by molar-refractivity contribution is 0.894. The fourth-order valence-electron chi connectivity index (χ4n) is 2.48. The van der Waals surface area contributed by atoms with Gasteiger partial charge in [0.05, 0.1) is 17.3 Å². The summed E-state index contributed by atoms with van der Waals surface area (Å²) >= 11 is 0. The molecule has 0 saturated carbocycles. The number of para-hydroxylation sites is 1. The molecule has 0 spiro atoms. The van der Waals surface area contributed by atoms with Crippen molar-refractivity contribution in [1.29, 1.82) is 0 Å². The van der Waals surface area contributed by atoms with E-state index in [1.54, 1.807) is 12.5 Å². The Morgan fingerprint density at radius 2 is 1.70 bits per heavy atom. The number of anilines is 2. The predicted molar refractivity (Wildman–Crippen MR) is 91.1 cm³/mol. The van der Waals surface area contributed by atoms with E-state index in [2.05, 4.69) is 39.4 Å². The Hall–Kier alpha value is -3.21. The molecule has 112 valence electrons. The van der Waals surface area contributed by atoms with Crippen LogP contribution in [0.2, 0.25) is 0 Å². The molecule has 2 aromatic heterocycles. The van der Waals surface area contributed by atoms with E-state index in [-0.39, 0.29) is 0 Å². The van der Waals surface area contributed by atoms with Gasteiger partial charge < -0.3 is 5.32 Å². The number of fused-ring (bicyclic) bond motifs is 1. The minimum Gasteiger partial charge on any atom is -0.340 e. The van der Waals surface area contributed by atoms with E-state index >= 15 is 0 Å². The Bertz CT molecular complexity index is 942. The van der Waals surface area contributed by atoms with Gasteiger partial charge in [-0.05, 0) is 31.2 Å². The van der Waals surface area contributed by atoms with Crippen molar-refractivity contribution in [2.24, 2.45) is 0 Å². The normalized spacial score (nSPS) is 10.8. The summed E-state index contributed by atoms with van der Waals surface area (Å²) in [6, 6.07) is 18.1. The first-order valence-corrected chi connectivity index (χ1v) is 7.39. The molecule has 4 rings (SSSR count). The molecule has 5 heteroatoms. The summed E-state index contributed by atoms with van der Waals surface area (Å²) in [5, 5.41) is 8.67. The molecule has 0 radical (unpaired) electrons. The van der Waals surface area contributed by atoms with E-state index in [0.717, 1.165) is 28.2 Å². The Morgan fingerprint density at radius 3 is 2.48 bits per heavy atom. The molecule has 0 aliphatic heterocycles. The number of nitrogens with zero attached hydrogens (tertiary/aromatic N) is 4. The van der Waals surface area contributed by atoms with Gasteiger partial charge in [-0.1, -0.05) is 35.9 Å². The summed E-state index contributed by atoms with van der Waals surface area (Å²) in [4.78, 5) is 8.74. The summed E-state index contributed by atoms with van der Waals surface area (Å²) in [6.45, 7) is 2.06. The van der Waals surface area contributed by atoms with Gasteiger partial charge in [-0.2, -0.15) is 5.10 Å². The van der Waals surface area contributed by atoms with E-state index in [9.17, 15) is 0 Å². The van der Waals surface area contributed by atoms with Crippen molar-refractivity contribution in [2.75, 3.05) is 5.32 Å². The van der Waals surface area contributed by atoms with Crippen LogP contribution in [0.15, 0.2) is 67.1 Å². The van der Waals surface area contributed by atoms with Crippen LogP contribution in [0.1, 0.15) is 5.56 Å². The third-order valence-electron chi connectivity index (χ3n) is 3.68. The Kier molecular flexibility index (Phi) is 3.24. The molecule has 5 nitrogen and oxygen atoms in total. The first-order chi connectivity index (χ1) is 11.3. The molecule has 0 atom stereocenters. The topological polar surface area (TPSA) is 55.6 Å². The van der Waals surface area contributed by atoms with E-state index < -0.39 is 0 Å². The predicted octanol–water partition coefficient (Wildman–Crippen LogP) is 3.87. The van der Waals surface area contributed by atoms with Gasteiger partial charge in [0.2, 0.25) is 0 Å². The van der Waals surface area contributed by atoms with Gasteiger partial charge in [-0.15, -0.1) is 0 Å². The van der Waals surface area contributed by atoms with Crippen molar-refractivity contribution in [3.05, 3.63) is 72.7 Å². The van der Waals surface area contributed by atoms with Gasteiger partial charge in [0.15, 0.2) is 5.65 Å². The highest BCUT2D eigenvalue weighted by Crippen LogP contribution is 2.24. The maximum atomic E-state index is 4.47. The SMILES string of the molecule is Cc1ccc(-n2ncc3c(Nc4ccccc4)ncnc32)cc1. The monoisotopic (exact) mass is 301 g/mol. The molecule has 0 fully saturated rings. The van der Waals surface area contributed by atoms with Gasteiger partial charge in [-0.25, -0.2) is 14.6 Å². The third-order valence-corrected chi connectivity index (χ3v) is 3.68. The van der Waals surface area contributed by atoms with Crippen LogP contribution in [0.4, 0.5) is 11.5 Å². The van der Waals surface area contributed by atoms with Crippen molar-refractivity contribution >= 4 is 22.5 Å². The van der Waals surface area contributed by atoms with Crippen LogP contribution in [0.3, 0.4) is 0 Å². The van der Waals surface area contributed by atoms with Crippen molar-refractivity contribution < 1.29 is 0 Å². The number of nitrogens with one attached hydrogen (secondary N) is 1. The smallest absolute Gasteiger partial charge is 0.168 e. The highest BCUT2D eigenvalue weighted by Gasteiger charge is 2.11. The molecule has 0 unspecified atom stereocenters. The Labute approximate surface area is 133 Å². The molecule has 0 saturated heterocycles. The van der Waals surface area contributed by atoms with Gasteiger partial charge in [0.1, 0.15) is 12.1 Å². The highest BCUT2D eigenvalue weighted by molar-refractivity contribution is 5.89. The first kappa shape index (κ1) is 13.5. The number of hydrogen-bond acceptors (Lipinski definition) is 4. The molecule has 0 aliphatic rings. The summed E-state index contributed by atoms with van der Waals surface area (Å²) in [6.07, 6.45) is 3.35. The third kappa shape index (κ3) is 2.53. The van der Waals surface area contributed by atoms with Crippen molar-refractivity contribution in [1.82, 2.24) is 19.7 Å². The van der Waals surface area contributed by atoms with E-state index in [1.165, 1.54) is 5.56 Å². The fourth-order valence-corrected chi connectivity index (χ4v) is 2.48. The van der Waals surface area contributed by atoms with E-state index in [1.807, 2.05) is 47.1 Å². The molecule has 23 heavy (non-hydrogen) atoms. The van der Waals surface area contributed by atoms with E-state index in [4.69, 9.17) is 0 Å². The second kappa shape index (κ2) is 5.53. The largest absolute Gasteiger partial charge is 0.340 e. The summed E-state index contributed by atoms with van der Waals surface area (Å²) in [5.74, 6) is 0.750. The van der Waals surface area contributed by atoms with Crippen molar-refractivity contribution in [3.8, 4) is 5.69 Å². The average molecular weight is 301 g/mol. The maximum Gasteiger partial charge on any atom is 0.168 e. The quantitative estimate of drug-likeness (QED) is 0.624. The van der Waals surface area contributed by atoms with Gasteiger partial charge in [-0.3, -0.25) is 0 Å². The van der Waals surface area contributed by atoms with Crippen LogP contribution in [0.5, 0.6) is 0 Å². The van der Waals surface area contributed by atoms with Gasteiger partial charge >= 0.3 is 0 Å². The number of benzene rings is 2. The average Bonchev–Trinajstić information content (AvgIpc) is 3.02. The summed E-state index contributed by atoms with van der Waals surface area (Å²) in [7, 11) is 0. The number of aryl methyl sites for hydroxylation is 1. The second-order valence-corrected chi connectivity index (χ2v) is 5.34.